The molecule has 0 radical (unpaired) electrons. The van der Waals surface area contributed by atoms with E-state index in [9.17, 15) is 10.4 Å². The lowest BCUT2D eigenvalue weighted by Crippen LogP contribution is -2.50. The van der Waals surface area contributed by atoms with Gasteiger partial charge < -0.3 is 5.11 Å². The van der Waals surface area contributed by atoms with E-state index in [2.05, 4.69) is 26.0 Å². The third-order valence-electron chi connectivity index (χ3n) is 4.39. The lowest BCUT2D eigenvalue weighted by atomic mass is 9.54. The van der Waals surface area contributed by atoms with Crippen LogP contribution >= 0.6 is 11.8 Å². The molecular formula is C13H19NOS. The molecule has 2 nitrogen and oxygen atoms in total. The van der Waals surface area contributed by atoms with Crippen molar-refractivity contribution in [1.29, 1.82) is 5.26 Å². The molecule has 0 aromatic rings. The van der Waals surface area contributed by atoms with Gasteiger partial charge in [-0.25, -0.2) is 0 Å². The summed E-state index contributed by atoms with van der Waals surface area (Å²) < 4.78 is -0.251. The summed E-state index contributed by atoms with van der Waals surface area (Å²) in [5, 5.41) is 18.8. The Kier molecular flexibility index (Phi) is 2.84. The van der Waals surface area contributed by atoms with Crippen LogP contribution < -0.4 is 0 Å². The maximum atomic E-state index is 9.43. The predicted octanol–water partition coefficient (Wildman–Crippen LogP) is 2.60. The van der Waals surface area contributed by atoms with Gasteiger partial charge >= 0.3 is 0 Å². The number of hydrogen-bond donors (Lipinski definition) is 1. The monoisotopic (exact) mass is 237 g/mol. The largest absolute Gasteiger partial charge is 0.392 e. The van der Waals surface area contributed by atoms with Crippen molar-refractivity contribution in [3.05, 3.63) is 11.6 Å². The van der Waals surface area contributed by atoms with Crippen molar-refractivity contribution in [2.45, 2.75) is 31.4 Å². The quantitative estimate of drug-likeness (QED) is 0.751. The van der Waals surface area contributed by atoms with Gasteiger partial charge in [0.25, 0.3) is 0 Å². The molecule has 0 spiro atoms. The summed E-state index contributed by atoms with van der Waals surface area (Å²) in [5.41, 5.74) is 1.38. The van der Waals surface area contributed by atoms with Crippen LogP contribution in [0, 0.1) is 28.6 Å². The van der Waals surface area contributed by atoms with E-state index in [0.717, 1.165) is 18.4 Å². The molecule has 3 atom stereocenters. The maximum absolute atomic E-state index is 9.43. The molecule has 3 aliphatic rings. The molecule has 16 heavy (non-hydrogen) atoms. The summed E-state index contributed by atoms with van der Waals surface area (Å²) in [6.45, 7) is 4.67. The lowest BCUT2D eigenvalue weighted by molar-refractivity contribution is 0.0923. The molecule has 0 aromatic carbocycles. The van der Waals surface area contributed by atoms with Crippen molar-refractivity contribution in [1.82, 2.24) is 0 Å². The Labute approximate surface area is 102 Å². The van der Waals surface area contributed by atoms with E-state index in [1.54, 1.807) is 11.8 Å². The molecule has 2 bridgehead atoms. The third-order valence-corrected chi connectivity index (χ3v) is 5.68. The third kappa shape index (κ3) is 1.51. The fraction of sp³-hybridized carbons (Fsp3) is 0.769. The molecule has 88 valence electrons. The molecule has 0 unspecified atom stereocenters. The van der Waals surface area contributed by atoms with Gasteiger partial charge in [0.15, 0.2) is 0 Å². The Bertz CT molecular complexity index is 369. The van der Waals surface area contributed by atoms with E-state index < -0.39 is 0 Å². The zero-order valence-corrected chi connectivity index (χ0v) is 11.0. The highest BCUT2D eigenvalue weighted by molar-refractivity contribution is 8.00. The van der Waals surface area contributed by atoms with Crippen LogP contribution in [0.5, 0.6) is 0 Å². The Balaban J connectivity index is 2.42. The topological polar surface area (TPSA) is 44.0 Å². The summed E-state index contributed by atoms with van der Waals surface area (Å²) in [7, 11) is 0. The van der Waals surface area contributed by atoms with Crippen LogP contribution in [-0.4, -0.2) is 22.7 Å². The summed E-state index contributed by atoms with van der Waals surface area (Å²) in [6, 6.07) is 2.52. The number of thioether (sulfide) groups is 1. The van der Waals surface area contributed by atoms with Gasteiger partial charge in [0.05, 0.1) is 12.7 Å². The molecule has 3 heteroatoms. The number of nitriles is 1. The van der Waals surface area contributed by atoms with Crippen molar-refractivity contribution in [2.24, 2.45) is 17.3 Å². The Hall–Kier alpha value is -0.460. The number of aliphatic hydroxyl groups is 1. The van der Waals surface area contributed by atoms with E-state index in [-0.39, 0.29) is 16.8 Å². The van der Waals surface area contributed by atoms with Gasteiger partial charge in [0, 0.05) is 5.92 Å². The fourth-order valence-corrected chi connectivity index (χ4v) is 4.26. The number of fused-ring (bicyclic) bond motifs is 2. The van der Waals surface area contributed by atoms with Crippen molar-refractivity contribution in [2.75, 3.05) is 12.9 Å². The van der Waals surface area contributed by atoms with E-state index in [0.29, 0.717) is 11.8 Å². The molecule has 0 saturated heterocycles. The standard InChI is InChI=1S/C13H19NOS/c1-12(2)5-10-4-9(7-15)11(12)6-13(10,8-14)16-3/h4,10-11,15H,5-7H2,1-3H3/t10-,11+,13-/m1/s1. The molecule has 3 rings (SSSR count). The van der Waals surface area contributed by atoms with E-state index in [1.165, 1.54) is 0 Å². The molecular weight excluding hydrogens is 218 g/mol. The zero-order valence-electron chi connectivity index (χ0n) is 10.2. The average molecular weight is 237 g/mol. The first-order valence-electron chi connectivity index (χ1n) is 5.77. The number of allylic oxidation sites excluding steroid dienone is 1. The minimum Gasteiger partial charge on any atom is -0.392 e. The normalized spacial score (nSPS) is 40.3. The number of rotatable bonds is 2. The van der Waals surface area contributed by atoms with Crippen LogP contribution in [0.3, 0.4) is 0 Å². The molecule has 1 fully saturated rings. The molecule has 1 saturated carbocycles. The van der Waals surface area contributed by atoms with Crippen molar-refractivity contribution in [3.63, 3.8) is 0 Å². The summed E-state index contributed by atoms with van der Waals surface area (Å²) >= 11 is 1.68. The van der Waals surface area contributed by atoms with E-state index in [4.69, 9.17) is 0 Å². The molecule has 0 aliphatic heterocycles. The lowest BCUT2D eigenvalue weighted by Gasteiger charge is -2.54. The fourth-order valence-electron chi connectivity index (χ4n) is 3.38. The Morgan fingerprint density at radius 3 is 2.69 bits per heavy atom. The maximum Gasteiger partial charge on any atom is 0.109 e. The smallest absolute Gasteiger partial charge is 0.109 e. The highest BCUT2D eigenvalue weighted by Crippen LogP contribution is 2.59. The minimum atomic E-state index is -0.251. The first-order chi connectivity index (χ1) is 7.49. The van der Waals surface area contributed by atoms with Gasteiger partial charge in [-0.15, -0.1) is 11.8 Å². The second-order valence-electron chi connectivity index (χ2n) is 5.66. The zero-order chi connectivity index (χ0) is 12.0. The Morgan fingerprint density at radius 1 is 1.56 bits per heavy atom. The molecule has 3 aliphatic carbocycles. The van der Waals surface area contributed by atoms with Gasteiger partial charge in [-0.1, -0.05) is 19.9 Å². The second-order valence-corrected chi connectivity index (χ2v) is 6.80. The van der Waals surface area contributed by atoms with Crippen LogP contribution in [0.2, 0.25) is 0 Å². The van der Waals surface area contributed by atoms with Gasteiger partial charge in [-0.3, -0.25) is 0 Å². The van der Waals surface area contributed by atoms with Crippen molar-refractivity contribution >= 4 is 11.8 Å². The van der Waals surface area contributed by atoms with Crippen LogP contribution in [0.4, 0.5) is 0 Å². The minimum absolute atomic E-state index is 0.153. The molecule has 0 heterocycles. The second kappa shape index (κ2) is 3.78. The first-order valence-corrected chi connectivity index (χ1v) is 6.99. The van der Waals surface area contributed by atoms with Crippen molar-refractivity contribution in [3.8, 4) is 6.07 Å². The number of aliphatic hydroxyl groups excluding tert-OH is 1. The van der Waals surface area contributed by atoms with Gasteiger partial charge in [0.2, 0.25) is 0 Å². The summed E-state index contributed by atoms with van der Waals surface area (Å²) in [6.07, 6.45) is 6.16. The van der Waals surface area contributed by atoms with Crippen LogP contribution in [0.25, 0.3) is 0 Å². The summed E-state index contributed by atoms with van der Waals surface area (Å²) in [4.78, 5) is 0. The van der Waals surface area contributed by atoms with Crippen LogP contribution in [-0.2, 0) is 0 Å². The van der Waals surface area contributed by atoms with Gasteiger partial charge in [0.1, 0.15) is 4.75 Å². The van der Waals surface area contributed by atoms with Crippen LogP contribution in [0.1, 0.15) is 26.7 Å². The Morgan fingerprint density at radius 2 is 2.25 bits per heavy atom. The highest BCUT2D eigenvalue weighted by Gasteiger charge is 2.54. The van der Waals surface area contributed by atoms with E-state index in [1.807, 2.05) is 6.26 Å². The SMILES string of the molecule is CS[C@@]1(C#N)C[C@H]2C(CO)=C[C@@H]1CC2(C)C. The first kappa shape index (κ1) is 12.0. The number of hydrogen-bond acceptors (Lipinski definition) is 3. The molecule has 1 N–H and O–H groups in total. The number of nitrogens with zero attached hydrogens (tertiary/aromatic N) is 1. The average Bonchev–Trinajstić information content (AvgIpc) is 2.27. The molecule has 0 amide bonds. The molecule has 0 aromatic heterocycles. The predicted molar refractivity (Wildman–Crippen MR) is 67.0 cm³/mol. The van der Waals surface area contributed by atoms with Crippen molar-refractivity contribution < 1.29 is 5.11 Å². The summed E-state index contributed by atoms with van der Waals surface area (Å²) in [5.74, 6) is 0.671. The van der Waals surface area contributed by atoms with Gasteiger partial charge in [-0.05, 0) is 36.0 Å². The van der Waals surface area contributed by atoms with Gasteiger partial charge in [-0.2, -0.15) is 5.26 Å². The van der Waals surface area contributed by atoms with E-state index >= 15 is 0 Å². The highest BCUT2D eigenvalue weighted by atomic mass is 32.2. The van der Waals surface area contributed by atoms with Crippen LogP contribution in [0.15, 0.2) is 11.6 Å².